The van der Waals surface area contributed by atoms with Crippen molar-refractivity contribution in [2.24, 2.45) is 5.10 Å². The van der Waals surface area contributed by atoms with Gasteiger partial charge in [-0.1, -0.05) is 46.3 Å². The maximum absolute atomic E-state index is 12.3. The van der Waals surface area contributed by atoms with E-state index in [2.05, 4.69) is 31.8 Å². The van der Waals surface area contributed by atoms with E-state index in [1.165, 1.54) is 13.3 Å². The maximum atomic E-state index is 12.3. The van der Waals surface area contributed by atoms with Crippen molar-refractivity contribution in [2.45, 2.75) is 13.5 Å². The number of nitrogens with zero attached hydrogens (tertiary/aromatic N) is 1. The van der Waals surface area contributed by atoms with Crippen LogP contribution in [-0.2, 0) is 16.2 Å². The molecule has 2 amide bonds. The van der Waals surface area contributed by atoms with Crippen molar-refractivity contribution in [2.75, 3.05) is 19.0 Å². The number of rotatable bonds is 9. The van der Waals surface area contributed by atoms with Crippen molar-refractivity contribution in [1.82, 2.24) is 5.43 Å². The maximum Gasteiger partial charge on any atom is 0.329 e. The van der Waals surface area contributed by atoms with Gasteiger partial charge in [0.1, 0.15) is 12.4 Å². The number of hydrazone groups is 1. The molecule has 176 valence electrons. The molecular formula is C25H24BrN3O5. The lowest BCUT2D eigenvalue weighted by Gasteiger charge is -2.13. The van der Waals surface area contributed by atoms with Crippen LogP contribution >= 0.6 is 15.9 Å². The zero-order valence-corrected chi connectivity index (χ0v) is 20.3. The Hall–Kier alpha value is -3.85. The van der Waals surface area contributed by atoms with E-state index >= 15 is 0 Å². The van der Waals surface area contributed by atoms with E-state index in [0.717, 1.165) is 10.0 Å². The van der Waals surface area contributed by atoms with Crippen LogP contribution in [0.4, 0.5) is 5.69 Å². The normalized spacial score (nSPS) is 10.6. The van der Waals surface area contributed by atoms with Crippen LogP contribution in [0.15, 0.2) is 76.3 Å². The Morgan fingerprint density at radius 3 is 2.41 bits per heavy atom. The fourth-order valence-electron chi connectivity index (χ4n) is 2.93. The fraction of sp³-hybridized carbons (Fsp3) is 0.160. The molecule has 0 heterocycles. The number of para-hydroxylation sites is 3. The quantitative estimate of drug-likeness (QED) is 0.243. The van der Waals surface area contributed by atoms with Gasteiger partial charge in [0, 0.05) is 10.0 Å². The predicted molar refractivity (Wildman–Crippen MR) is 133 cm³/mol. The SMILES string of the molecule is CCOc1ccccc1NC(=O)C(=O)N/N=C\c1cccc(OC)c1OCc1ccc(Br)cc1. The molecule has 2 N–H and O–H groups in total. The average molecular weight is 526 g/mol. The molecule has 0 radical (unpaired) electrons. The van der Waals surface area contributed by atoms with E-state index in [4.69, 9.17) is 14.2 Å². The summed E-state index contributed by atoms with van der Waals surface area (Å²) in [5, 5.41) is 6.43. The summed E-state index contributed by atoms with van der Waals surface area (Å²) in [7, 11) is 1.54. The van der Waals surface area contributed by atoms with Crippen molar-refractivity contribution in [3.05, 3.63) is 82.3 Å². The van der Waals surface area contributed by atoms with Gasteiger partial charge in [0.2, 0.25) is 0 Å². The number of benzene rings is 3. The predicted octanol–water partition coefficient (Wildman–Crippen LogP) is 4.52. The molecular weight excluding hydrogens is 502 g/mol. The van der Waals surface area contributed by atoms with Crippen molar-refractivity contribution in [3.8, 4) is 17.2 Å². The molecule has 34 heavy (non-hydrogen) atoms. The van der Waals surface area contributed by atoms with E-state index in [9.17, 15) is 9.59 Å². The van der Waals surface area contributed by atoms with Gasteiger partial charge in [0.15, 0.2) is 11.5 Å². The van der Waals surface area contributed by atoms with Gasteiger partial charge in [-0.25, -0.2) is 5.43 Å². The fourth-order valence-corrected chi connectivity index (χ4v) is 3.19. The molecule has 3 rings (SSSR count). The number of nitrogens with one attached hydrogen (secondary N) is 2. The highest BCUT2D eigenvalue weighted by atomic mass is 79.9. The monoisotopic (exact) mass is 525 g/mol. The van der Waals surface area contributed by atoms with E-state index < -0.39 is 11.8 Å². The van der Waals surface area contributed by atoms with Crippen LogP contribution in [0, 0.1) is 0 Å². The van der Waals surface area contributed by atoms with Crippen LogP contribution in [0.5, 0.6) is 17.2 Å². The number of ether oxygens (including phenoxy) is 3. The number of halogens is 1. The molecule has 0 aliphatic heterocycles. The number of carbonyl (C=O) groups excluding carboxylic acids is 2. The Morgan fingerprint density at radius 1 is 0.941 bits per heavy atom. The van der Waals surface area contributed by atoms with Gasteiger partial charge < -0.3 is 19.5 Å². The van der Waals surface area contributed by atoms with E-state index in [1.807, 2.05) is 31.2 Å². The molecule has 0 spiro atoms. The van der Waals surface area contributed by atoms with Crippen LogP contribution in [0.1, 0.15) is 18.1 Å². The summed E-state index contributed by atoms with van der Waals surface area (Å²) in [4.78, 5) is 24.5. The number of amides is 2. The number of hydrogen-bond acceptors (Lipinski definition) is 6. The lowest BCUT2D eigenvalue weighted by atomic mass is 10.2. The summed E-state index contributed by atoms with van der Waals surface area (Å²) < 4.78 is 17.8. The minimum Gasteiger partial charge on any atom is -0.493 e. The molecule has 9 heteroatoms. The second-order valence-electron chi connectivity index (χ2n) is 6.88. The molecule has 3 aromatic rings. The van der Waals surface area contributed by atoms with E-state index in [1.54, 1.807) is 42.5 Å². The summed E-state index contributed by atoms with van der Waals surface area (Å²) in [6.45, 7) is 2.56. The molecule has 0 unspecified atom stereocenters. The molecule has 0 atom stereocenters. The third kappa shape index (κ3) is 6.82. The van der Waals surface area contributed by atoms with Gasteiger partial charge in [-0.15, -0.1) is 0 Å². The molecule has 8 nitrogen and oxygen atoms in total. The first-order chi connectivity index (χ1) is 16.5. The zero-order chi connectivity index (χ0) is 24.3. The van der Waals surface area contributed by atoms with Crippen molar-refractivity contribution in [3.63, 3.8) is 0 Å². The lowest BCUT2D eigenvalue weighted by Crippen LogP contribution is -2.32. The van der Waals surface area contributed by atoms with Gasteiger partial charge in [-0.05, 0) is 48.9 Å². The first-order valence-corrected chi connectivity index (χ1v) is 11.2. The van der Waals surface area contributed by atoms with Crippen LogP contribution in [0.25, 0.3) is 0 Å². The minimum atomic E-state index is -0.928. The first-order valence-electron chi connectivity index (χ1n) is 10.4. The summed E-state index contributed by atoms with van der Waals surface area (Å²) in [6, 6.07) is 19.9. The molecule has 0 bridgehead atoms. The van der Waals surface area contributed by atoms with E-state index in [0.29, 0.717) is 41.7 Å². The molecule has 0 aliphatic rings. The van der Waals surface area contributed by atoms with Crippen LogP contribution in [0.2, 0.25) is 0 Å². The second kappa shape index (κ2) is 12.4. The first kappa shape index (κ1) is 24.8. The highest BCUT2D eigenvalue weighted by Gasteiger charge is 2.15. The van der Waals surface area contributed by atoms with Crippen molar-refractivity contribution >= 4 is 39.6 Å². The molecule has 3 aromatic carbocycles. The van der Waals surface area contributed by atoms with Crippen molar-refractivity contribution in [1.29, 1.82) is 0 Å². The zero-order valence-electron chi connectivity index (χ0n) is 18.7. The topological polar surface area (TPSA) is 98.2 Å². The highest BCUT2D eigenvalue weighted by molar-refractivity contribution is 9.10. The van der Waals surface area contributed by atoms with Crippen LogP contribution in [0.3, 0.4) is 0 Å². The third-order valence-corrected chi connectivity index (χ3v) is 5.07. The van der Waals surface area contributed by atoms with Gasteiger partial charge >= 0.3 is 11.8 Å². The summed E-state index contributed by atoms with van der Waals surface area (Å²) in [5.41, 5.74) is 4.15. The number of hydrogen-bond donors (Lipinski definition) is 2. The molecule has 0 aliphatic carbocycles. The molecule has 0 saturated heterocycles. The van der Waals surface area contributed by atoms with Gasteiger partial charge in [0.05, 0.1) is 25.6 Å². The molecule has 0 aromatic heterocycles. The minimum absolute atomic E-state index is 0.308. The van der Waals surface area contributed by atoms with E-state index in [-0.39, 0.29) is 0 Å². The lowest BCUT2D eigenvalue weighted by molar-refractivity contribution is -0.136. The van der Waals surface area contributed by atoms with Gasteiger partial charge in [-0.3, -0.25) is 9.59 Å². The van der Waals surface area contributed by atoms with Gasteiger partial charge in [-0.2, -0.15) is 5.10 Å². The smallest absolute Gasteiger partial charge is 0.329 e. The Labute approximate surface area is 206 Å². The Kier molecular flexibility index (Phi) is 9.04. The summed E-state index contributed by atoms with van der Waals surface area (Å²) >= 11 is 3.41. The largest absolute Gasteiger partial charge is 0.493 e. The third-order valence-electron chi connectivity index (χ3n) is 4.54. The van der Waals surface area contributed by atoms with Gasteiger partial charge in [0.25, 0.3) is 0 Å². The highest BCUT2D eigenvalue weighted by Crippen LogP contribution is 2.31. The second-order valence-corrected chi connectivity index (χ2v) is 7.79. The average Bonchev–Trinajstić information content (AvgIpc) is 2.85. The molecule has 0 fully saturated rings. The Morgan fingerprint density at radius 2 is 1.68 bits per heavy atom. The summed E-state index contributed by atoms with van der Waals surface area (Å²) in [5.74, 6) is -0.360. The number of anilines is 1. The number of methoxy groups -OCH3 is 1. The number of carbonyl (C=O) groups is 2. The molecule has 0 saturated carbocycles. The Balaban J connectivity index is 1.66. The standard InChI is InChI=1S/C25H24BrN3O5/c1-3-33-21-9-5-4-8-20(21)28-24(30)25(31)29-27-15-18-7-6-10-22(32-2)23(18)34-16-17-11-13-19(26)14-12-17/h4-15H,3,16H2,1-2H3,(H,28,30)(H,29,31)/b27-15-. The van der Waals surface area contributed by atoms with Crippen LogP contribution in [-0.4, -0.2) is 31.7 Å². The Bertz CT molecular complexity index is 1170. The van der Waals surface area contributed by atoms with Crippen LogP contribution < -0.4 is 25.0 Å². The summed E-state index contributed by atoms with van der Waals surface area (Å²) in [6.07, 6.45) is 1.39. The van der Waals surface area contributed by atoms with Crippen molar-refractivity contribution < 1.29 is 23.8 Å².